The third-order valence-electron chi connectivity index (χ3n) is 5.12. The van der Waals surface area contributed by atoms with Crippen molar-refractivity contribution in [3.8, 4) is 5.75 Å². The molecule has 3 aromatic rings. The first-order valence-electron chi connectivity index (χ1n) is 11.5. The molecule has 0 fully saturated rings. The molecule has 0 heterocycles. The van der Waals surface area contributed by atoms with Gasteiger partial charge in [0, 0.05) is 15.8 Å². The van der Waals surface area contributed by atoms with Crippen LogP contribution in [-0.2, 0) is 10.0 Å². The fourth-order valence-corrected chi connectivity index (χ4v) is 4.92. The first kappa shape index (κ1) is 27.6. The van der Waals surface area contributed by atoms with Crippen molar-refractivity contribution in [2.24, 2.45) is 0 Å². The average Bonchev–Trinajstić information content (AvgIpc) is 2.85. The number of unbranched alkanes of at least 4 members (excludes halogenated alkanes) is 3. The van der Waals surface area contributed by atoms with Crippen LogP contribution in [0.5, 0.6) is 5.75 Å². The number of hydrogen-bond donors (Lipinski definition) is 3. The van der Waals surface area contributed by atoms with Crippen molar-refractivity contribution in [2.45, 2.75) is 37.5 Å². The van der Waals surface area contributed by atoms with Crippen LogP contribution in [0.25, 0.3) is 0 Å². The number of carbonyl (C=O) groups excluding carboxylic acids is 1. The summed E-state index contributed by atoms with van der Waals surface area (Å²) in [7, 11) is -3.73. The molecule has 10 heteroatoms. The molecule has 0 aliphatic rings. The van der Waals surface area contributed by atoms with E-state index in [1.54, 1.807) is 54.6 Å². The summed E-state index contributed by atoms with van der Waals surface area (Å²) in [6.45, 7) is 2.67. The van der Waals surface area contributed by atoms with Crippen molar-refractivity contribution in [2.75, 3.05) is 16.6 Å². The maximum Gasteiger partial charge on any atom is 0.261 e. The number of carbonyl (C=O) groups is 1. The number of hydrogen-bond acceptors (Lipinski definition) is 5. The van der Waals surface area contributed by atoms with Gasteiger partial charge in [-0.15, -0.1) is 0 Å². The van der Waals surface area contributed by atoms with Gasteiger partial charge in [-0.25, -0.2) is 8.42 Å². The van der Waals surface area contributed by atoms with E-state index in [0.29, 0.717) is 29.3 Å². The van der Waals surface area contributed by atoms with Crippen LogP contribution in [0.15, 0.2) is 82.2 Å². The van der Waals surface area contributed by atoms with Crippen molar-refractivity contribution >= 4 is 60.6 Å². The highest BCUT2D eigenvalue weighted by Crippen LogP contribution is 2.24. The van der Waals surface area contributed by atoms with Gasteiger partial charge in [0.05, 0.1) is 17.1 Å². The summed E-state index contributed by atoms with van der Waals surface area (Å²) in [6.07, 6.45) is 4.27. The Balaban J connectivity index is 1.60. The van der Waals surface area contributed by atoms with Gasteiger partial charge in [0.15, 0.2) is 5.11 Å². The molecular weight excluding hydrogens is 562 g/mol. The van der Waals surface area contributed by atoms with Crippen LogP contribution in [0.2, 0.25) is 0 Å². The van der Waals surface area contributed by atoms with E-state index >= 15 is 0 Å². The minimum absolute atomic E-state index is 0.0758. The van der Waals surface area contributed by atoms with E-state index < -0.39 is 15.9 Å². The third kappa shape index (κ3) is 8.32. The van der Waals surface area contributed by atoms with E-state index in [0.717, 1.165) is 30.2 Å². The quantitative estimate of drug-likeness (QED) is 0.178. The Kier molecular flexibility index (Phi) is 10.3. The van der Waals surface area contributed by atoms with Crippen molar-refractivity contribution in [1.82, 2.24) is 5.32 Å². The third-order valence-corrected chi connectivity index (χ3v) is 7.21. The van der Waals surface area contributed by atoms with Crippen molar-refractivity contribution in [3.63, 3.8) is 0 Å². The van der Waals surface area contributed by atoms with Crippen LogP contribution in [-0.4, -0.2) is 26.0 Å². The Morgan fingerprint density at radius 3 is 2.36 bits per heavy atom. The van der Waals surface area contributed by atoms with E-state index in [1.165, 1.54) is 12.1 Å². The van der Waals surface area contributed by atoms with Crippen molar-refractivity contribution in [1.29, 1.82) is 0 Å². The zero-order chi connectivity index (χ0) is 26.0. The molecule has 0 aliphatic carbocycles. The van der Waals surface area contributed by atoms with Gasteiger partial charge in [-0.1, -0.05) is 60.3 Å². The molecule has 0 saturated carbocycles. The van der Waals surface area contributed by atoms with Crippen LogP contribution >= 0.6 is 28.1 Å². The second-order valence-electron chi connectivity index (χ2n) is 7.95. The summed E-state index contributed by atoms with van der Waals surface area (Å²) in [5.41, 5.74) is 1.36. The lowest BCUT2D eigenvalue weighted by molar-refractivity contribution is 0.0973. The Bertz CT molecular complexity index is 1280. The SMILES string of the molecule is CCCCCCOc1ccc(Br)cc1C(=O)NC(=S)Nc1ccc(S(=O)(=O)Nc2ccccc2)cc1. The summed E-state index contributed by atoms with van der Waals surface area (Å²) in [6, 6.07) is 19.9. The number of benzene rings is 3. The van der Waals surface area contributed by atoms with Gasteiger partial charge >= 0.3 is 0 Å². The van der Waals surface area contributed by atoms with E-state index in [9.17, 15) is 13.2 Å². The van der Waals surface area contributed by atoms with E-state index in [2.05, 4.69) is 38.2 Å². The topological polar surface area (TPSA) is 96.5 Å². The largest absolute Gasteiger partial charge is 0.493 e. The predicted octanol–water partition coefficient (Wildman–Crippen LogP) is 6.34. The summed E-state index contributed by atoms with van der Waals surface area (Å²) in [5.74, 6) is 0.0686. The van der Waals surface area contributed by atoms with Crippen LogP contribution in [0.3, 0.4) is 0 Å². The summed E-state index contributed by atoms with van der Waals surface area (Å²) in [5, 5.41) is 5.63. The molecule has 0 bridgehead atoms. The normalized spacial score (nSPS) is 10.9. The zero-order valence-electron chi connectivity index (χ0n) is 19.8. The highest BCUT2D eigenvalue weighted by molar-refractivity contribution is 9.10. The molecule has 3 N–H and O–H groups in total. The number of amides is 1. The minimum Gasteiger partial charge on any atom is -0.493 e. The first-order chi connectivity index (χ1) is 17.3. The first-order valence-corrected chi connectivity index (χ1v) is 14.2. The molecule has 0 radical (unpaired) electrons. The summed E-state index contributed by atoms with van der Waals surface area (Å²) in [4.78, 5) is 13.0. The number of ether oxygens (including phenoxy) is 1. The monoisotopic (exact) mass is 589 g/mol. The summed E-state index contributed by atoms with van der Waals surface area (Å²) < 4.78 is 34.3. The highest BCUT2D eigenvalue weighted by atomic mass is 79.9. The second kappa shape index (κ2) is 13.4. The molecule has 0 aliphatic heterocycles. The van der Waals surface area contributed by atoms with E-state index in [1.807, 2.05) is 6.07 Å². The molecule has 36 heavy (non-hydrogen) atoms. The molecule has 7 nitrogen and oxygen atoms in total. The lowest BCUT2D eigenvalue weighted by Gasteiger charge is -2.14. The Labute approximate surface area is 225 Å². The Morgan fingerprint density at radius 1 is 0.944 bits per heavy atom. The maximum atomic E-state index is 12.9. The molecule has 0 aromatic heterocycles. The number of sulfonamides is 1. The number of rotatable bonds is 11. The molecule has 0 spiro atoms. The van der Waals surface area contributed by atoms with Crippen molar-refractivity contribution in [3.05, 3.63) is 82.8 Å². The highest BCUT2D eigenvalue weighted by Gasteiger charge is 2.16. The Morgan fingerprint density at radius 2 is 1.67 bits per heavy atom. The molecule has 0 atom stereocenters. The number of thiocarbonyl (C=S) groups is 1. The number of anilines is 2. The lowest BCUT2D eigenvalue weighted by atomic mass is 10.2. The lowest BCUT2D eigenvalue weighted by Crippen LogP contribution is -2.34. The van der Waals surface area contributed by atoms with Crippen molar-refractivity contribution < 1.29 is 17.9 Å². The number of para-hydroxylation sites is 1. The molecular formula is C26H28BrN3O4S2. The fraction of sp³-hybridized carbons (Fsp3) is 0.231. The van der Waals surface area contributed by atoms with Gasteiger partial charge in [-0.05, 0) is 73.2 Å². The standard InChI is InChI=1S/C26H28BrN3O4S2/c1-2-3-4-8-17-34-24-16-11-19(27)18-23(24)25(31)29-26(35)28-20-12-14-22(15-13-20)36(32,33)30-21-9-6-5-7-10-21/h5-7,9-16,18,30H,2-4,8,17H2,1H3,(H2,28,29,31,35). The van der Waals surface area contributed by atoms with Gasteiger partial charge < -0.3 is 10.1 Å². The van der Waals surface area contributed by atoms with Crippen LogP contribution < -0.4 is 20.1 Å². The number of nitrogens with one attached hydrogen (secondary N) is 3. The van der Waals surface area contributed by atoms with Gasteiger partial charge in [0.25, 0.3) is 15.9 Å². The zero-order valence-corrected chi connectivity index (χ0v) is 23.0. The van der Waals surface area contributed by atoms with Gasteiger partial charge in [0.1, 0.15) is 5.75 Å². The molecule has 3 aromatic carbocycles. The van der Waals surface area contributed by atoms with Crippen LogP contribution in [0, 0.1) is 0 Å². The van der Waals surface area contributed by atoms with E-state index in [-0.39, 0.29) is 10.0 Å². The Hall–Kier alpha value is -2.95. The summed E-state index contributed by atoms with van der Waals surface area (Å²) >= 11 is 8.68. The minimum atomic E-state index is -3.73. The molecule has 1 amide bonds. The van der Waals surface area contributed by atoms with E-state index in [4.69, 9.17) is 17.0 Å². The van der Waals surface area contributed by atoms with Gasteiger partial charge in [-0.2, -0.15) is 0 Å². The molecule has 190 valence electrons. The predicted molar refractivity (Wildman–Crippen MR) is 151 cm³/mol. The van der Waals surface area contributed by atoms with Crippen LogP contribution in [0.4, 0.5) is 11.4 Å². The smallest absolute Gasteiger partial charge is 0.261 e. The van der Waals surface area contributed by atoms with Gasteiger partial charge in [-0.3, -0.25) is 14.8 Å². The average molecular weight is 591 g/mol. The number of halogens is 1. The molecule has 0 saturated heterocycles. The molecule has 0 unspecified atom stereocenters. The maximum absolute atomic E-state index is 12.9. The van der Waals surface area contributed by atoms with Gasteiger partial charge in [0.2, 0.25) is 0 Å². The van der Waals surface area contributed by atoms with Crippen LogP contribution in [0.1, 0.15) is 43.0 Å². The molecule has 3 rings (SSSR count). The fourth-order valence-electron chi connectivity index (χ4n) is 3.29. The second-order valence-corrected chi connectivity index (χ2v) is 11.0.